The number of nitrogens with zero attached hydrogens (tertiary/aromatic N) is 1. The highest BCUT2D eigenvalue weighted by Gasteiger charge is 2.29. The first-order chi connectivity index (χ1) is 13.4. The molecule has 1 heterocycles. The van der Waals surface area contributed by atoms with E-state index in [1.165, 1.54) is 0 Å². The number of benzene rings is 1. The first kappa shape index (κ1) is 22.0. The molecule has 7 heteroatoms. The van der Waals surface area contributed by atoms with E-state index in [9.17, 15) is 9.59 Å². The van der Waals surface area contributed by atoms with E-state index >= 15 is 0 Å². The van der Waals surface area contributed by atoms with Gasteiger partial charge >= 0.3 is 0 Å². The topological polar surface area (TPSA) is 93.9 Å². The van der Waals surface area contributed by atoms with Gasteiger partial charge in [0.2, 0.25) is 5.91 Å². The van der Waals surface area contributed by atoms with Gasteiger partial charge in [-0.2, -0.15) is 0 Å². The molecule has 0 bridgehead atoms. The lowest BCUT2D eigenvalue weighted by Crippen LogP contribution is -2.51. The summed E-state index contributed by atoms with van der Waals surface area (Å²) in [5.74, 6) is 1.03. The molecule has 2 amide bonds. The van der Waals surface area contributed by atoms with Crippen LogP contribution in [0, 0.1) is 5.92 Å². The lowest BCUT2D eigenvalue weighted by atomic mass is 9.92. The number of likely N-dealkylation sites (tertiary alicyclic amines) is 1. The molecule has 1 fully saturated rings. The van der Waals surface area contributed by atoms with E-state index in [4.69, 9.17) is 15.2 Å². The second kappa shape index (κ2) is 9.78. The average Bonchev–Trinajstić information content (AvgIpc) is 2.76. The summed E-state index contributed by atoms with van der Waals surface area (Å²) in [5, 5.41) is 3.00. The zero-order chi connectivity index (χ0) is 20.7. The fourth-order valence-electron chi connectivity index (χ4n) is 3.37. The second-order valence-corrected chi connectivity index (χ2v) is 7.46. The summed E-state index contributed by atoms with van der Waals surface area (Å²) in [7, 11) is 3.11. The van der Waals surface area contributed by atoms with Gasteiger partial charge in [0.15, 0.2) is 0 Å². The molecule has 0 aromatic heterocycles. The third-order valence-electron chi connectivity index (χ3n) is 5.77. The van der Waals surface area contributed by atoms with E-state index in [1.54, 1.807) is 37.3 Å². The molecular formula is C21H33N3O4. The molecule has 1 aliphatic rings. The molecule has 0 saturated carbocycles. The SMILES string of the molecule is CCC(N)(CC)CNC(=O)C1CCN(C(=O)c2cc(OC)cc(OC)c2)CC1. The summed E-state index contributed by atoms with van der Waals surface area (Å²) in [6.07, 6.45) is 2.93. The number of piperidine rings is 1. The largest absolute Gasteiger partial charge is 0.497 e. The minimum atomic E-state index is -0.349. The third-order valence-corrected chi connectivity index (χ3v) is 5.77. The van der Waals surface area contributed by atoms with Gasteiger partial charge in [0, 0.05) is 42.7 Å². The number of carbonyl (C=O) groups excluding carboxylic acids is 2. The summed E-state index contributed by atoms with van der Waals surface area (Å²) in [5.41, 5.74) is 6.44. The molecule has 0 radical (unpaired) electrons. The van der Waals surface area contributed by atoms with Crippen LogP contribution in [0.5, 0.6) is 11.5 Å². The van der Waals surface area contributed by atoms with Crippen LogP contribution in [-0.4, -0.2) is 56.1 Å². The molecular weight excluding hydrogens is 358 g/mol. The predicted octanol–water partition coefficient (Wildman–Crippen LogP) is 2.19. The van der Waals surface area contributed by atoms with Crippen molar-refractivity contribution in [1.82, 2.24) is 10.2 Å². The molecule has 1 saturated heterocycles. The molecule has 0 atom stereocenters. The van der Waals surface area contributed by atoms with Crippen molar-refractivity contribution in [2.75, 3.05) is 33.9 Å². The van der Waals surface area contributed by atoms with Crippen LogP contribution >= 0.6 is 0 Å². The number of nitrogens with one attached hydrogen (secondary N) is 1. The van der Waals surface area contributed by atoms with Crippen LogP contribution in [0.1, 0.15) is 49.9 Å². The van der Waals surface area contributed by atoms with Crippen molar-refractivity contribution in [3.63, 3.8) is 0 Å². The van der Waals surface area contributed by atoms with Gasteiger partial charge in [-0.05, 0) is 37.8 Å². The van der Waals surface area contributed by atoms with Gasteiger partial charge in [0.05, 0.1) is 14.2 Å². The van der Waals surface area contributed by atoms with Gasteiger partial charge in [0.1, 0.15) is 11.5 Å². The number of amides is 2. The number of carbonyl (C=O) groups is 2. The normalized spacial score (nSPS) is 15.2. The Balaban J connectivity index is 1.93. The van der Waals surface area contributed by atoms with Gasteiger partial charge in [0.25, 0.3) is 5.91 Å². The molecule has 0 unspecified atom stereocenters. The van der Waals surface area contributed by atoms with Crippen molar-refractivity contribution in [3.8, 4) is 11.5 Å². The van der Waals surface area contributed by atoms with Crippen molar-refractivity contribution >= 4 is 11.8 Å². The zero-order valence-electron chi connectivity index (χ0n) is 17.4. The number of hydrogen-bond donors (Lipinski definition) is 2. The first-order valence-electron chi connectivity index (χ1n) is 9.94. The van der Waals surface area contributed by atoms with E-state index in [-0.39, 0.29) is 23.3 Å². The highest BCUT2D eigenvalue weighted by molar-refractivity contribution is 5.95. The summed E-state index contributed by atoms with van der Waals surface area (Å²) < 4.78 is 10.5. The minimum Gasteiger partial charge on any atom is -0.497 e. The van der Waals surface area contributed by atoms with Gasteiger partial charge in [-0.25, -0.2) is 0 Å². The molecule has 28 heavy (non-hydrogen) atoms. The van der Waals surface area contributed by atoms with Crippen LogP contribution < -0.4 is 20.5 Å². The second-order valence-electron chi connectivity index (χ2n) is 7.46. The van der Waals surface area contributed by atoms with Crippen LogP contribution in [0.15, 0.2) is 18.2 Å². The van der Waals surface area contributed by atoms with Crippen molar-refractivity contribution < 1.29 is 19.1 Å². The Morgan fingerprint density at radius 3 is 2.11 bits per heavy atom. The molecule has 0 aliphatic carbocycles. The fraction of sp³-hybridized carbons (Fsp3) is 0.619. The van der Waals surface area contributed by atoms with Crippen molar-refractivity contribution in [3.05, 3.63) is 23.8 Å². The average molecular weight is 392 g/mol. The summed E-state index contributed by atoms with van der Waals surface area (Å²) in [4.78, 5) is 27.1. The summed E-state index contributed by atoms with van der Waals surface area (Å²) in [6.45, 7) is 5.65. The maximum atomic E-state index is 12.8. The maximum Gasteiger partial charge on any atom is 0.254 e. The van der Waals surface area contributed by atoms with Crippen molar-refractivity contribution in [2.24, 2.45) is 11.7 Å². The number of ether oxygens (including phenoxy) is 2. The van der Waals surface area contributed by atoms with E-state index in [0.29, 0.717) is 49.5 Å². The fourth-order valence-corrected chi connectivity index (χ4v) is 3.37. The van der Waals surface area contributed by atoms with Crippen molar-refractivity contribution in [1.29, 1.82) is 0 Å². The van der Waals surface area contributed by atoms with Crippen LogP contribution in [-0.2, 0) is 4.79 Å². The highest BCUT2D eigenvalue weighted by Crippen LogP contribution is 2.25. The maximum absolute atomic E-state index is 12.8. The van der Waals surface area contributed by atoms with Crippen LogP contribution in [0.3, 0.4) is 0 Å². The van der Waals surface area contributed by atoms with Crippen LogP contribution in [0.2, 0.25) is 0 Å². The molecule has 2 rings (SSSR count). The summed E-state index contributed by atoms with van der Waals surface area (Å²) >= 11 is 0. The zero-order valence-corrected chi connectivity index (χ0v) is 17.4. The third kappa shape index (κ3) is 5.38. The monoisotopic (exact) mass is 391 g/mol. The van der Waals surface area contributed by atoms with E-state index in [1.807, 2.05) is 13.8 Å². The summed E-state index contributed by atoms with van der Waals surface area (Å²) in [6, 6.07) is 5.15. The molecule has 0 spiro atoms. The van der Waals surface area contributed by atoms with Crippen LogP contribution in [0.4, 0.5) is 0 Å². The molecule has 1 aliphatic heterocycles. The molecule has 3 N–H and O–H groups in total. The Kier molecular flexibility index (Phi) is 7.69. The smallest absolute Gasteiger partial charge is 0.254 e. The Hall–Kier alpha value is -2.28. The molecule has 7 nitrogen and oxygen atoms in total. The van der Waals surface area contributed by atoms with E-state index < -0.39 is 0 Å². The van der Waals surface area contributed by atoms with Gasteiger partial charge in [-0.15, -0.1) is 0 Å². The first-order valence-corrected chi connectivity index (χ1v) is 9.94. The molecule has 1 aromatic carbocycles. The molecule has 156 valence electrons. The Morgan fingerprint density at radius 2 is 1.64 bits per heavy atom. The number of nitrogens with two attached hydrogens (primary N) is 1. The van der Waals surface area contributed by atoms with E-state index in [0.717, 1.165) is 12.8 Å². The minimum absolute atomic E-state index is 0.0341. The predicted molar refractivity (Wildman–Crippen MR) is 109 cm³/mol. The highest BCUT2D eigenvalue weighted by atomic mass is 16.5. The number of rotatable bonds is 8. The van der Waals surface area contributed by atoms with Gasteiger partial charge in [-0.3, -0.25) is 9.59 Å². The van der Waals surface area contributed by atoms with Gasteiger partial charge < -0.3 is 25.4 Å². The quantitative estimate of drug-likeness (QED) is 0.708. The van der Waals surface area contributed by atoms with E-state index in [2.05, 4.69) is 5.32 Å². The Labute approximate surface area is 167 Å². The lowest BCUT2D eigenvalue weighted by molar-refractivity contribution is -0.126. The standard InChI is InChI=1S/C21H33N3O4/c1-5-21(22,6-2)14-23-19(25)15-7-9-24(10-8-15)20(26)16-11-17(27-3)13-18(12-16)28-4/h11-13,15H,5-10,14,22H2,1-4H3,(H,23,25). The Morgan fingerprint density at radius 1 is 1.11 bits per heavy atom. The van der Waals surface area contributed by atoms with Crippen LogP contribution in [0.25, 0.3) is 0 Å². The lowest BCUT2D eigenvalue weighted by Gasteiger charge is -2.33. The number of hydrogen-bond acceptors (Lipinski definition) is 5. The Bertz CT molecular complexity index is 658. The van der Waals surface area contributed by atoms with Gasteiger partial charge in [-0.1, -0.05) is 13.8 Å². The number of methoxy groups -OCH3 is 2. The molecule has 1 aromatic rings. The van der Waals surface area contributed by atoms with Crippen molar-refractivity contribution in [2.45, 2.75) is 45.1 Å².